The molecule has 4 heteroatoms. The molecule has 17 heavy (non-hydrogen) atoms. The summed E-state index contributed by atoms with van der Waals surface area (Å²) in [7, 11) is -0.101. The van der Waals surface area contributed by atoms with E-state index in [1.165, 1.54) is 0 Å². The van der Waals surface area contributed by atoms with Crippen molar-refractivity contribution in [2.45, 2.75) is 0 Å². The van der Waals surface area contributed by atoms with Gasteiger partial charge in [0, 0.05) is 5.56 Å². The Morgan fingerprint density at radius 1 is 1.12 bits per heavy atom. The van der Waals surface area contributed by atoms with Gasteiger partial charge in [0.2, 0.25) is 0 Å². The molecule has 0 spiro atoms. The summed E-state index contributed by atoms with van der Waals surface area (Å²) in [5, 5.41) is 4.08. The maximum atomic E-state index is 12.0. The number of Topliss-reactive ketones (excluding diaryl/α,β-unsaturated/α-hetero) is 1. The Hall–Kier alpha value is -1.81. The Labute approximate surface area is 103 Å². The first-order chi connectivity index (χ1) is 8.16. The molecule has 2 rings (SSSR count). The minimum absolute atomic E-state index is 0.0937. The van der Waals surface area contributed by atoms with Crippen LogP contribution in [-0.4, -0.2) is 16.9 Å². The third-order valence-electron chi connectivity index (χ3n) is 2.44. The largest absolute Gasteiger partial charge is 0.397 e. The van der Waals surface area contributed by atoms with E-state index in [1.54, 1.807) is 18.2 Å². The van der Waals surface area contributed by atoms with Crippen molar-refractivity contribution in [2.75, 3.05) is 17.2 Å². The molecular formula is C13H14N2OS. The van der Waals surface area contributed by atoms with Crippen LogP contribution in [0.4, 0.5) is 11.4 Å². The van der Waals surface area contributed by atoms with Gasteiger partial charge in [0.15, 0.2) is 5.78 Å². The van der Waals surface area contributed by atoms with E-state index in [1.807, 2.05) is 29.0 Å². The smallest absolute Gasteiger partial charge is 0.172 e. The highest BCUT2D eigenvalue weighted by atomic mass is 32.2. The van der Waals surface area contributed by atoms with Gasteiger partial charge in [-0.05, 0) is 29.0 Å². The van der Waals surface area contributed by atoms with Crippen molar-refractivity contribution in [3.05, 3.63) is 47.4 Å². The number of benzene rings is 1. The number of hydrogen-bond donors (Lipinski definition) is 2. The molecule has 88 valence electrons. The molecule has 1 aromatic carbocycles. The van der Waals surface area contributed by atoms with Gasteiger partial charge in [-0.25, -0.2) is 0 Å². The highest BCUT2D eigenvalue weighted by molar-refractivity contribution is 8.18. The van der Waals surface area contributed by atoms with E-state index < -0.39 is 0 Å². The highest BCUT2D eigenvalue weighted by Gasteiger charge is 2.08. The lowest BCUT2D eigenvalue weighted by atomic mass is 10.1. The van der Waals surface area contributed by atoms with Gasteiger partial charge in [0.05, 0.1) is 17.1 Å². The zero-order valence-electron chi connectivity index (χ0n) is 9.30. The molecule has 4 N–H and O–H groups in total. The maximum Gasteiger partial charge on any atom is 0.172 e. The van der Waals surface area contributed by atoms with Crippen molar-refractivity contribution in [3.63, 3.8) is 0 Å². The molecule has 0 aliphatic carbocycles. The SMILES string of the molecule is Nc1ccc(C(=O)CS2=CC=CC=C2)cc1N. The Kier molecular flexibility index (Phi) is 3.44. The molecule has 1 unspecified atom stereocenters. The second kappa shape index (κ2) is 5.01. The topological polar surface area (TPSA) is 69.1 Å². The molecule has 0 fully saturated rings. The maximum absolute atomic E-state index is 12.0. The van der Waals surface area contributed by atoms with Crippen LogP contribution in [0.15, 0.2) is 41.8 Å². The van der Waals surface area contributed by atoms with E-state index in [-0.39, 0.29) is 16.3 Å². The number of nitrogen functional groups attached to an aromatic ring is 2. The van der Waals surface area contributed by atoms with Crippen LogP contribution in [-0.2, 0) is 0 Å². The molecule has 0 saturated heterocycles. The summed E-state index contributed by atoms with van der Waals surface area (Å²) in [5.74, 6) is 0.584. The predicted octanol–water partition coefficient (Wildman–Crippen LogP) is 2.19. The lowest BCUT2D eigenvalue weighted by Crippen LogP contribution is -2.05. The van der Waals surface area contributed by atoms with E-state index in [0.29, 0.717) is 22.7 Å². The van der Waals surface area contributed by atoms with E-state index in [4.69, 9.17) is 11.5 Å². The van der Waals surface area contributed by atoms with Gasteiger partial charge in [-0.3, -0.25) is 4.79 Å². The standard InChI is InChI=1S/C13H14N2OS/c14-11-5-4-10(8-12(11)15)13(16)9-17-6-2-1-3-7-17/h1-8H,9,14-15H2. The third kappa shape index (κ3) is 2.85. The van der Waals surface area contributed by atoms with Crippen molar-refractivity contribution < 1.29 is 4.79 Å². The molecule has 0 aromatic heterocycles. The van der Waals surface area contributed by atoms with Crippen molar-refractivity contribution in [1.29, 1.82) is 0 Å². The van der Waals surface area contributed by atoms with Crippen LogP contribution in [0.5, 0.6) is 0 Å². The number of rotatable bonds is 3. The summed E-state index contributed by atoms with van der Waals surface area (Å²) in [6, 6.07) is 5.04. The molecule has 1 heterocycles. The van der Waals surface area contributed by atoms with Crippen LogP contribution in [0, 0.1) is 0 Å². The van der Waals surface area contributed by atoms with Gasteiger partial charge < -0.3 is 11.5 Å². The summed E-state index contributed by atoms with van der Waals surface area (Å²) < 4.78 is 0. The normalized spacial score (nSPS) is 17.8. The fourth-order valence-corrected chi connectivity index (χ4v) is 2.82. The molecule has 1 aliphatic heterocycles. The van der Waals surface area contributed by atoms with Crippen LogP contribution < -0.4 is 11.5 Å². The summed E-state index contributed by atoms with van der Waals surface area (Å²) in [6.07, 6.45) is 5.89. The quantitative estimate of drug-likeness (QED) is 0.488. The number of anilines is 2. The first-order valence-electron chi connectivity index (χ1n) is 5.22. The van der Waals surface area contributed by atoms with Gasteiger partial charge in [-0.2, -0.15) is 10.5 Å². The lowest BCUT2D eigenvalue weighted by molar-refractivity contribution is 0.102. The Morgan fingerprint density at radius 2 is 1.94 bits per heavy atom. The molecular weight excluding hydrogens is 232 g/mol. The second-order valence-corrected chi connectivity index (χ2v) is 5.50. The number of carbonyl (C=O) groups excluding carboxylic acids is 1. The number of carbonyl (C=O) groups is 1. The molecule has 1 aliphatic rings. The van der Waals surface area contributed by atoms with Gasteiger partial charge in [0.25, 0.3) is 0 Å². The van der Waals surface area contributed by atoms with Crippen LogP contribution in [0.2, 0.25) is 0 Å². The van der Waals surface area contributed by atoms with Gasteiger partial charge >= 0.3 is 0 Å². The van der Waals surface area contributed by atoms with Gasteiger partial charge in [-0.1, -0.05) is 18.2 Å². The first kappa shape index (κ1) is 11.7. The zero-order chi connectivity index (χ0) is 12.3. The van der Waals surface area contributed by atoms with E-state index in [9.17, 15) is 4.79 Å². The van der Waals surface area contributed by atoms with E-state index in [2.05, 4.69) is 0 Å². The summed E-state index contributed by atoms with van der Waals surface area (Å²) in [4.78, 5) is 12.0. The molecule has 0 amide bonds. The Balaban J connectivity index is 2.15. The molecule has 0 bridgehead atoms. The molecule has 3 nitrogen and oxygen atoms in total. The molecule has 0 radical (unpaired) electrons. The van der Waals surface area contributed by atoms with Crippen molar-refractivity contribution in [2.24, 2.45) is 0 Å². The second-order valence-electron chi connectivity index (χ2n) is 3.73. The fourth-order valence-electron chi connectivity index (χ4n) is 1.48. The number of nitrogens with two attached hydrogens (primary N) is 2. The molecule has 1 aromatic rings. The average Bonchev–Trinajstić information content (AvgIpc) is 2.34. The van der Waals surface area contributed by atoms with Crippen LogP contribution >= 0.6 is 10.5 Å². The minimum Gasteiger partial charge on any atom is -0.397 e. The van der Waals surface area contributed by atoms with Crippen LogP contribution in [0.3, 0.4) is 0 Å². The Bertz CT molecular complexity index is 544. The van der Waals surface area contributed by atoms with Crippen molar-refractivity contribution in [1.82, 2.24) is 0 Å². The lowest BCUT2D eigenvalue weighted by Gasteiger charge is -2.07. The molecule has 1 atom stereocenters. The fraction of sp³-hybridized carbons (Fsp3) is 0.0769. The van der Waals surface area contributed by atoms with Crippen LogP contribution in [0.1, 0.15) is 10.4 Å². The average molecular weight is 246 g/mol. The predicted molar refractivity (Wildman–Crippen MR) is 76.4 cm³/mol. The van der Waals surface area contributed by atoms with Crippen LogP contribution in [0.25, 0.3) is 0 Å². The van der Waals surface area contributed by atoms with E-state index in [0.717, 1.165) is 0 Å². The monoisotopic (exact) mass is 246 g/mol. The number of allylic oxidation sites excluding steroid dienone is 3. The van der Waals surface area contributed by atoms with Crippen molar-refractivity contribution in [3.8, 4) is 0 Å². The molecule has 0 saturated carbocycles. The highest BCUT2D eigenvalue weighted by Crippen LogP contribution is 2.21. The van der Waals surface area contributed by atoms with E-state index >= 15 is 0 Å². The first-order valence-corrected chi connectivity index (χ1v) is 6.74. The Morgan fingerprint density at radius 3 is 2.59 bits per heavy atom. The summed E-state index contributed by atoms with van der Waals surface area (Å²) in [6.45, 7) is 0. The minimum atomic E-state index is -0.101. The third-order valence-corrected chi connectivity index (χ3v) is 4.04. The summed E-state index contributed by atoms with van der Waals surface area (Å²) in [5.41, 5.74) is 12.9. The zero-order valence-corrected chi connectivity index (χ0v) is 10.1. The summed E-state index contributed by atoms with van der Waals surface area (Å²) >= 11 is 0. The van der Waals surface area contributed by atoms with Gasteiger partial charge in [0.1, 0.15) is 0 Å². The number of hydrogen-bond acceptors (Lipinski definition) is 3. The van der Waals surface area contributed by atoms with Crippen molar-refractivity contribution >= 4 is 33.0 Å². The van der Waals surface area contributed by atoms with Gasteiger partial charge in [-0.15, -0.1) is 0 Å². The number of ketones is 1.